The highest BCUT2D eigenvalue weighted by molar-refractivity contribution is 9.10. The topological polar surface area (TPSA) is 52.6 Å². The molecule has 1 heterocycles. The average Bonchev–Trinajstić information content (AvgIpc) is 2.71. The summed E-state index contributed by atoms with van der Waals surface area (Å²) in [6, 6.07) is 0. The van der Waals surface area contributed by atoms with Gasteiger partial charge >= 0.3 is 11.9 Å². The fraction of sp³-hybridized carbons (Fsp3) is 0.867. The van der Waals surface area contributed by atoms with Gasteiger partial charge < -0.3 is 9.47 Å². The minimum Gasteiger partial charge on any atom is -0.463 e. The summed E-state index contributed by atoms with van der Waals surface area (Å²) in [6.07, 6.45) is 6.22. The largest absolute Gasteiger partial charge is 0.463 e. The van der Waals surface area contributed by atoms with E-state index in [4.69, 9.17) is 9.47 Å². The number of ether oxygens (including phenoxy) is 2. The van der Waals surface area contributed by atoms with Crippen LogP contribution in [-0.4, -0.2) is 29.0 Å². The summed E-state index contributed by atoms with van der Waals surface area (Å²) in [7, 11) is 0. The minimum atomic E-state index is -0.665. The predicted octanol–water partition coefficient (Wildman–Crippen LogP) is 2.58. The Balaban J connectivity index is 1.55. The van der Waals surface area contributed by atoms with Crippen LogP contribution in [-0.2, 0) is 19.1 Å². The summed E-state index contributed by atoms with van der Waals surface area (Å²) in [4.78, 5) is 24.2. The van der Waals surface area contributed by atoms with Gasteiger partial charge in [0.2, 0.25) is 6.10 Å². The molecule has 3 atom stereocenters. The third-order valence-corrected chi connectivity index (χ3v) is 6.49. The van der Waals surface area contributed by atoms with E-state index >= 15 is 0 Å². The molecule has 5 rings (SSSR count). The maximum Gasteiger partial charge on any atom is 0.347 e. The number of cyclic esters (lactones) is 1. The van der Waals surface area contributed by atoms with Crippen LogP contribution in [0, 0.1) is 17.3 Å². The normalized spacial score (nSPS) is 49.2. The Morgan fingerprint density at radius 2 is 1.95 bits per heavy atom. The average molecular weight is 343 g/mol. The van der Waals surface area contributed by atoms with Crippen LogP contribution < -0.4 is 0 Å². The molecular weight excluding hydrogens is 324 g/mol. The van der Waals surface area contributed by atoms with Crippen LogP contribution in [0.25, 0.3) is 0 Å². The molecule has 0 amide bonds. The third kappa shape index (κ3) is 1.92. The second-order valence-electron chi connectivity index (χ2n) is 7.24. The van der Waals surface area contributed by atoms with Gasteiger partial charge in [-0.15, -0.1) is 0 Å². The maximum atomic E-state index is 12.7. The maximum absolute atomic E-state index is 12.7. The Hall–Kier alpha value is -0.580. The molecule has 5 aliphatic rings. The van der Waals surface area contributed by atoms with Gasteiger partial charge in [0.15, 0.2) is 0 Å². The van der Waals surface area contributed by atoms with Gasteiger partial charge in [0.05, 0.1) is 12.0 Å². The summed E-state index contributed by atoms with van der Waals surface area (Å²) in [5.74, 6) is 0.744. The molecule has 20 heavy (non-hydrogen) atoms. The SMILES string of the molecule is O=C1OCC[C@@H]1OC(=O)C12C[C@H]3C[C@@H](CC(Br)(C3)C1)C2. The Kier molecular flexibility index (Phi) is 2.76. The molecule has 4 saturated carbocycles. The molecule has 1 saturated heterocycles. The lowest BCUT2D eigenvalue weighted by atomic mass is 9.49. The quantitative estimate of drug-likeness (QED) is 0.571. The van der Waals surface area contributed by atoms with Gasteiger partial charge in [0, 0.05) is 10.7 Å². The van der Waals surface area contributed by atoms with Gasteiger partial charge in [0.1, 0.15) is 0 Å². The number of hydrogen-bond donors (Lipinski definition) is 0. The van der Waals surface area contributed by atoms with Crippen molar-refractivity contribution in [3.8, 4) is 0 Å². The summed E-state index contributed by atoms with van der Waals surface area (Å²) >= 11 is 3.89. The number of hydrogen-bond acceptors (Lipinski definition) is 4. The molecule has 0 radical (unpaired) electrons. The molecule has 4 bridgehead atoms. The van der Waals surface area contributed by atoms with E-state index in [0.717, 1.165) is 19.3 Å². The summed E-state index contributed by atoms with van der Waals surface area (Å²) in [5, 5.41) is 0. The van der Waals surface area contributed by atoms with Gasteiger partial charge in [-0.2, -0.15) is 0 Å². The number of carbonyl (C=O) groups excluding carboxylic acids is 2. The van der Waals surface area contributed by atoms with E-state index in [0.29, 0.717) is 24.9 Å². The molecule has 0 N–H and O–H groups in total. The van der Waals surface area contributed by atoms with E-state index in [9.17, 15) is 9.59 Å². The van der Waals surface area contributed by atoms with E-state index in [1.165, 1.54) is 19.3 Å². The van der Waals surface area contributed by atoms with Crippen molar-refractivity contribution < 1.29 is 19.1 Å². The first kappa shape index (κ1) is 13.1. The van der Waals surface area contributed by atoms with Crippen molar-refractivity contribution in [1.29, 1.82) is 0 Å². The van der Waals surface area contributed by atoms with Crippen LogP contribution in [0.15, 0.2) is 0 Å². The smallest absolute Gasteiger partial charge is 0.347 e. The number of rotatable bonds is 2. The van der Waals surface area contributed by atoms with E-state index in [1.54, 1.807) is 0 Å². The molecule has 0 spiro atoms. The molecule has 4 aliphatic carbocycles. The Morgan fingerprint density at radius 3 is 2.50 bits per heavy atom. The van der Waals surface area contributed by atoms with Crippen molar-refractivity contribution in [1.82, 2.24) is 0 Å². The zero-order valence-corrected chi connectivity index (χ0v) is 13.0. The standard InChI is InChI=1S/C15H19BrO4/c16-15-6-9-3-10(7-15)5-14(4-9,8-15)13(18)20-11-1-2-19-12(11)17/h9-11H,1-8H2/t9-,10-,11+,14?,15?/m1/s1. The predicted molar refractivity (Wildman–Crippen MR) is 74.2 cm³/mol. The molecular formula is C15H19BrO4. The van der Waals surface area contributed by atoms with Crippen LogP contribution in [0.2, 0.25) is 0 Å². The highest BCUT2D eigenvalue weighted by atomic mass is 79.9. The van der Waals surface area contributed by atoms with Crippen molar-refractivity contribution in [2.75, 3.05) is 6.61 Å². The molecule has 0 aromatic rings. The summed E-state index contributed by atoms with van der Waals surface area (Å²) < 4.78 is 10.5. The third-order valence-electron chi connectivity index (χ3n) is 5.56. The van der Waals surface area contributed by atoms with Crippen LogP contribution in [0.1, 0.15) is 44.9 Å². The highest BCUT2D eigenvalue weighted by Crippen LogP contribution is 2.64. The lowest BCUT2D eigenvalue weighted by Crippen LogP contribution is -2.56. The van der Waals surface area contributed by atoms with Gasteiger partial charge in [-0.3, -0.25) is 4.79 Å². The number of alkyl halides is 1. The van der Waals surface area contributed by atoms with Crippen molar-refractivity contribution in [3.05, 3.63) is 0 Å². The molecule has 4 nitrogen and oxygen atoms in total. The second kappa shape index (κ2) is 4.21. The van der Waals surface area contributed by atoms with Crippen LogP contribution in [0.5, 0.6) is 0 Å². The van der Waals surface area contributed by atoms with Gasteiger partial charge in [-0.05, 0) is 50.4 Å². The summed E-state index contributed by atoms with van der Waals surface area (Å²) in [5.41, 5.74) is -0.351. The number of carbonyl (C=O) groups is 2. The monoisotopic (exact) mass is 342 g/mol. The van der Waals surface area contributed by atoms with Gasteiger partial charge in [0.25, 0.3) is 0 Å². The van der Waals surface area contributed by atoms with E-state index < -0.39 is 6.10 Å². The number of halogens is 1. The Labute approximate surface area is 126 Å². The second-order valence-corrected chi connectivity index (χ2v) is 8.92. The van der Waals surface area contributed by atoms with Crippen molar-refractivity contribution in [3.63, 3.8) is 0 Å². The molecule has 0 aromatic heterocycles. The van der Waals surface area contributed by atoms with Crippen molar-refractivity contribution >= 4 is 27.9 Å². The minimum absolute atomic E-state index is 0.131. The highest BCUT2D eigenvalue weighted by Gasteiger charge is 2.61. The Bertz CT molecular complexity index is 460. The zero-order chi connectivity index (χ0) is 14.0. The van der Waals surface area contributed by atoms with E-state index in [2.05, 4.69) is 15.9 Å². The summed E-state index contributed by atoms with van der Waals surface area (Å²) in [6.45, 7) is 0.372. The van der Waals surface area contributed by atoms with Crippen LogP contribution in [0.4, 0.5) is 0 Å². The van der Waals surface area contributed by atoms with Crippen LogP contribution in [0.3, 0.4) is 0 Å². The molecule has 0 aromatic carbocycles. The van der Waals surface area contributed by atoms with E-state index in [1.807, 2.05) is 0 Å². The fourth-order valence-corrected chi connectivity index (χ4v) is 6.68. The first-order chi connectivity index (χ1) is 9.48. The van der Waals surface area contributed by atoms with E-state index in [-0.39, 0.29) is 21.7 Å². The Morgan fingerprint density at radius 1 is 1.25 bits per heavy atom. The molecule has 0 unspecified atom stereocenters. The molecule has 5 fully saturated rings. The first-order valence-corrected chi connectivity index (χ1v) is 8.34. The molecule has 1 aliphatic heterocycles. The lowest BCUT2D eigenvalue weighted by molar-refractivity contribution is -0.178. The van der Waals surface area contributed by atoms with Crippen molar-refractivity contribution in [2.24, 2.45) is 17.3 Å². The lowest BCUT2D eigenvalue weighted by Gasteiger charge is -2.58. The van der Waals surface area contributed by atoms with Gasteiger partial charge in [-0.1, -0.05) is 15.9 Å². The fourth-order valence-electron chi connectivity index (χ4n) is 5.23. The molecule has 5 heteroatoms. The first-order valence-electron chi connectivity index (χ1n) is 7.55. The number of esters is 2. The zero-order valence-electron chi connectivity index (χ0n) is 11.4. The molecule has 110 valence electrons. The van der Waals surface area contributed by atoms with Crippen LogP contribution >= 0.6 is 15.9 Å². The van der Waals surface area contributed by atoms with Crippen molar-refractivity contribution in [2.45, 2.75) is 55.4 Å². The van der Waals surface area contributed by atoms with Gasteiger partial charge in [-0.25, -0.2) is 4.79 Å².